The molecular formula is C20H23BN2O7. The maximum atomic E-state index is 12.4. The minimum Gasteiger partial charge on any atom is -0.467 e. The Hall–Kier alpha value is -3.24. The first kappa shape index (κ1) is 23.0. The van der Waals surface area contributed by atoms with Crippen LogP contribution in [0.25, 0.3) is 0 Å². The van der Waals surface area contributed by atoms with Gasteiger partial charge >= 0.3 is 13.1 Å². The van der Waals surface area contributed by atoms with Crippen molar-refractivity contribution in [3.63, 3.8) is 0 Å². The van der Waals surface area contributed by atoms with Crippen molar-refractivity contribution in [1.82, 2.24) is 5.32 Å². The second kappa shape index (κ2) is 11.1. The van der Waals surface area contributed by atoms with Crippen LogP contribution >= 0.6 is 0 Å². The molecular weight excluding hydrogens is 391 g/mol. The molecule has 9 nitrogen and oxygen atoms in total. The average molecular weight is 414 g/mol. The third kappa shape index (κ3) is 6.40. The Bertz CT molecular complexity index is 885. The van der Waals surface area contributed by atoms with Gasteiger partial charge in [-0.3, -0.25) is 14.9 Å². The number of hydrogen-bond donors (Lipinski definition) is 1. The zero-order valence-corrected chi connectivity index (χ0v) is 17.0. The van der Waals surface area contributed by atoms with E-state index in [0.717, 1.165) is 11.0 Å². The maximum absolute atomic E-state index is 12.4. The van der Waals surface area contributed by atoms with Crippen LogP contribution in [0.4, 0.5) is 5.69 Å². The summed E-state index contributed by atoms with van der Waals surface area (Å²) in [5.74, 6) is -1.03. The van der Waals surface area contributed by atoms with Crippen LogP contribution in [-0.4, -0.2) is 51.3 Å². The Kier molecular flexibility index (Phi) is 8.51. The Morgan fingerprint density at radius 3 is 2.30 bits per heavy atom. The lowest BCUT2D eigenvalue weighted by molar-refractivity contribution is -0.384. The van der Waals surface area contributed by atoms with Gasteiger partial charge in [0.05, 0.1) is 18.5 Å². The van der Waals surface area contributed by atoms with Crippen LogP contribution in [0.3, 0.4) is 0 Å². The first-order valence-corrected chi connectivity index (χ1v) is 9.12. The number of methoxy groups -OCH3 is 1. The molecule has 0 saturated heterocycles. The topological polar surface area (TPSA) is 117 Å². The second-order valence-electron chi connectivity index (χ2n) is 6.50. The lowest BCUT2D eigenvalue weighted by Gasteiger charge is -2.17. The number of amides is 1. The number of carbonyl (C=O) groups is 2. The van der Waals surface area contributed by atoms with Crippen molar-refractivity contribution in [2.45, 2.75) is 18.9 Å². The number of ether oxygens (including phenoxy) is 1. The van der Waals surface area contributed by atoms with Crippen molar-refractivity contribution in [2.24, 2.45) is 0 Å². The molecule has 0 heterocycles. The fourth-order valence-electron chi connectivity index (χ4n) is 2.96. The van der Waals surface area contributed by atoms with Crippen molar-refractivity contribution >= 4 is 30.1 Å². The van der Waals surface area contributed by atoms with Gasteiger partial charge in [-0.1, -0.05) is 36.4 Å². The van der Waals surface area contributed by atoms with Crippen LogP contribution in [0.1, 0.15) is 11.1 Å². The molecule has 0 bridgehead atoms. The van der Waals surface area contributed by atoms with Crippen molar-refractivity contribution in [2.75, 3.05) is 21.3 Å². The molecule has 1 amide bonds. The van der Waals surface area contributed by atoms with Crippen LogP contribution in [0, 0.1) is 10.1 Å². The lowest BCUT2D eigenvalue weighted by Crippen LogP contribution is -2.43. The fraction of sp³-hybridized carbons (Fsp3) is 0.300. The van der Waals surface area contributed by atoms with Gasteiger partial charge in [-0.05, 0) is 16.6 Å². The molecule has 0 saturated carbocycles. The largest absolute Gasteiger partial charge is 0.493 e. The number of nitrogens with zero attached hydrogens (tertiary/aromatic N) is 1. The monoisotopic (exact) mass is 414 g/mol. The van der Waals surface area contributed by atoms with Crippen LogP contribution in [0.5, 0.6) is 0 Å². The van der Waals surface area contributed by atoms with E-state index in [9.17, 15) is 19.7 Å². The van der Waals surface area contributed by atoms with E-state index in [1.807, 2.05) is 24.3 Å². The van der Waals surface area contributed by atoms with E-state index in [2.05, 4.69) is 5.32 Å². The molecule has 2 aromatic carbocycles. The Morgan fingerprint density at radius 2 is 1.73 bits per heavy atom. The van der Waals surface area contributed by atoms with Gasteiger partial charge in [0.15, 0.2) is 0 Å². The molecule has 0 aliphatic carbocycles. The maximum Gasteiger partial charge on any atom is 0.493 e. The summed E-state index contributed by atoms with van der Waals surface area (Å²) in [6.45, 7) is 0. The van der Waals surface area contributed by atoms with Crippen LogP contribution < -0.4 is 10.8 Å². The molecule has 30 heavy (non-hydrogen) atoms. The number of nitro groups is 1. The standard InChI is InChI=1S/C20H23BN2O7/c1-28-20(25)18(12-14-7-9-16(10-8-14)21(29-2)30-3)22-19(24)13-15-5-4-6-17(11-15)23(26)27/h4-11,18H,12-13H2,1-3H3,(H,22,24)/t18-/m0/s1. The summed E-state index contributed by atoms with van der Waals surface area (Å²) < 4.78 is 15.2. The summed E-state index contributed by atoms with van der Waals surface area (Å²) in [5, 5.41) is 13.5. The first-order valence-electron chi connectivity index (χ1n) is 9.12. The number of non-ortho nitro benzene ring substituents is 1. The molecule has 10 heteroatoms. The van der Waals surface area contributed by atoms with Gasteiger partial charge in [0.25, 0.3) is 5.69 Å². The summed E-state index contributed by atoms with van der Waals surface area (Å²) in [6.07, 6.45) is 0.121. The smallest absolute Gasteiger partial charge is 0.467 e. The summed E-state index contributed by atoms with van der Waals surface area (Å²) in [7, 11) is 3.82. The highest BCUT2D eigenvalue weighted by atomic mass is 16.6. The molecule has 1 atom stereocenters. The van der Waals surface area contributed by atoms with Crippen LogP contribution in [-0.2, 0) is 36.5 Å². The Balaban J connectivity index is 2.07. The molecule has 1 N–H and O–H groups in total. The quantitative estimate of drug-likeness (QED) is 0.267. The van der Waals surface area contributed by atoms with Gasteiger partial charge in [-0.25, -0.2) is 4.79 Å². The third-order valence-electron chi connectivity index (χ3n) is 4.43. The van der Waals surface area contributed by atoms with Crippen molar-refractivity contribution in [1.29, 1.82) is 0 Å². The van der Waals surface area contributed by atoms with E-state index in [4.69, 9.17) is 14.0 Å². The molecule has 0 spiro atoms. The summed E-state index contributed by atoms with van der Waals surface area (Å²) >= 11 is 0. The first-order chi connectivity index (χ1) is 14.4. The summed E-state index contributed by atoms with van der Waals surface area (Å²) in [4.78, 5) is 34.9. The van der Waals surface area contributed by atoms with Gasteiger partial charge in [-0.15, -0.1) is 0 Å². The van der Waals surface area contributed by atoms with Gasteiger partial charge < -0.3 is 19.4 Å². The zero-order valence-electron chi connectivity index (χ0n) is 17.0. The van der Waals surface area contributed by atoms with Crippen molar-refractivity contribution in [3.8, 4) is 0 Å². The van der Waals surface area contributed by atoms with Crippen molar-refractivity contribution in [3.05, 3.63) is 69.8 Å². The minimum atomic E-state index is -0.896. The molecule has 2 aromatic rings. The van der Waals surface area contributed by atoms with E-state index in [1.165, 1.54) is 39.5 Å². The minimum absolute atomic E-state index is 0.0997. The Labute approximate surface area is 174 Å². The highest BCUT2D eigenvalue weighted by Gasteiger charge is 2.23. The molecule has 0 fully saturated rings. The predicted octanol–water partition coefficient (Wildman–Crippen LogP) is 1.03. The van der Waals surface area contributed by atoms with Crippen LogP contribution in [0.2, 0.25) is 0 Å². The summed E-state index contributed by atoms with van der Waals surface area (Å²) in [6, 6.07) is 12.1. The van der Waals surface area contributed by atoms with Gasteiger partial charge in [0, 0.05) is 32.8 Å². The average Bonchev–Trinajstić information content (AvgIpc) is 2.74. The highest BCUT2D eigenvalue weighted by Crippen LogP contribution is 2.14. The van der Waals surface area contributed by atoms with Gasteiger partial charge in [0.1, 0.15) is 6.04 Å². The van der Waals surface area contributed by atoms with E-state index in [-0.39, 0.29) is 18.5 Å². The normalized spacial score (nSPS) is 11.4. The predicted molar refractivity (Wildman–Crippen MR) is 110 cm³/mol. The zero-order chi connectivity index (χ0) is 22.1. The fourth-order valence-corrected chi connectivity index (χ4v) is 2.96. The SMILES string of the molecule is COB(OC)c1ccc(C[C@H](NC(=O)Cc2cccc([N+](=O)[O-])c2)C(=O)OC)cc1. The number of nitrogens with one attached hydrogen (secondary N) is 1. The number of esters is 1. The van der Waals surface area contributed by atoms with E-state index < -0.39 is 30.0 Å². The number of nitro benzene ring substituents is 1. The van der Waals surface area contributed by atoms with Gasteiger partial charge in [-0.2, -0.15) is 0 Å². The molecule has 0 aliphatic rings. The van der Waals surface area contributed by atoms with E-state index in [1.54, 1.807) is 6.07 Å². The number of benzene rings is 2. The second-order valence-corrected chi connectivity index (χ2v) is 6.50. The molecule has 158 valence electrons. The number of carbonyl (C=O) groups excluding carboxylic acids is 2. The molecule has 0 aliphatic heterocycles. The third-order valence-corrected chi connectivity index (χ3v) is 4.43. The molecule has 0 aromatic heterocycles. The number of rotatable bonds is 10. The molecule has 0 unspecified atom stereocenters. The van der Waals surface area contributed by atoms with E-state index in [0.29, 0.717) is 5.56 Å². The highest BCUT2D eigenvalue weighted by molar-refractivity contribution is 6.61. The number of hydrogen-bond acceptors (Lipinski definition) is 7. The summed E-state index contributed by atoms with van der Waals surface area (Å²) in [5.41, 5.74) is 1.99. The molecule has 2 rings (SSSR count). The lowest BCUT2D eigenvalue weighted by atomic mass is 9.78. The van der Waals surface area contributed by atoms with Crippen molar-refractivity contribution < 1.29 is 28.6 Å². The van der Waals surface area contributed by atoms with E-state index >= 15 is 0 Å². The molecule has 0 radical (unpaired) electrons. The Morgan fingerprint density at radius 1 is 1.07 bits per heavy atom. The van der Waals surface area contributed by atoms with Gasteiger partial charge in [0.2, 0.25) is 5.91 Å². The van der Waals surface area contributed by atoms with Crippen LogP contribution in [0.15, 0.2) is 48.5 Å².